The minimum absolute atomic E-state index is 0.137. The highest BCUT2D eigenvalue weighted by atomic mass is 16.4. The monoisotopic (exact) mass is 275 g/mol. The summed E-state index contributed by atoms with van der Waals surface area (Å²) in [4.78, 5) is 19.4. The van der Waals surface area contributed by atoms with Crippen LogP contribution in [0.3, 0.4) is 0 Å². The van der Waals surface area contributed by atoms with Crippen molar-refractivity contribution in [2.75, 3.05) is 0 Å². The van der Waals surface area contributed by atoms with Gasteiger partial charge in [-0.15, -0.1) is 0 Å². The van der Waals surface area contributed by atoms with Crippen molar-refractivity contribution in [3.05, 3.63) is 71.9 Å². The molecule has 102 valence electrons. The lowest BCUT2D eigenvalue weighted by molar-refractivity contribution is -0.255. The van der Waals surface area contributed by atoms with Crippen molar-refractivity contribution < 1.29 is 9.90 Å². The molecule has 0 N–H and O–H groups in total. The number of carbonyl (C=O) groups excluding carboxylic acids is 1. The Hall–Kier alpha value is -3.01. The molecule has 0 aliphatic rings. The third-order valence-electron chi connectivity index (χ3n) is 3.07. The first kappa shape index (κ1) is 13.0. The van der Waals surface area contributed by atoms with Crippen molar-refractivity contribution in [3.8, 4) is 0 Å². The smallest absolute Gasteiger partial charge is 0.0820 e. The Bertz CT molecular complexity index is 824. The standard InChI is InChI=1S/C17H12N2O2/c20-17(21)13-6-8-14(9-7-13)18-11-15-10-5-12-3-1-2-4-16(12)19-15/h1-11H,(H,20,21)/p-1. The summed E-state index contributed by atoms with van der Waals surface area (Å²) >= 11 is 0. The zero-order chi connectivity index (χ0) is 14.7. The fourth-order valence-electron chi connectivity index (χ4n) is 1.98. The van der Waals surface area contributed by atoms with E-state index in [1.165, 1.54) is 12.1 Å². The van der Waals surface area contributed by atoms with Crippen LogP contribution in [0, 0.1) is 0 Å². The summed E-state index contributed by atoms with van der Waals surface area (Å²) in [5, 5.41) is 11.7. The Morgan fingerprint density at radius 3 is 2.52 bits per heavy atom. The maximum absolute atomic E-state index is 10.7. The Kier molecular flexibility index (Phi) is 3.43. The van der Waals surface area contributed by atoms with E-state index in [0.717, 1.165) is 16.6 Å². The Morgan fingerprint density at radius 1 is 1.00 bits per heavy atom. The van der Waals surface area contributed by atoms with E-state index in [4.69, 9.17) is 0 Å². The van der Waals surface area contributed by atoms with Crippen LogP contribution >= 0.6 is 0 Å². The molecule has 0 saturated carbocycles. The molecule has 0 spiro atoms. The molecule has 4 heteroatoms. The second-order valence-electron chi connectivity index (χ2n) is 4.52. The van der Waals surface area contributed by atoms with E-state index >= 15 is 0 Å². The molecule has 0 fully saturated rings. The summed E-state index contributed by atoms with van der Waals surface area (Å²) in [6.07, 6.45) is 1.65. The van der Waals surface area contributed by atoms with Crippen LogP contribution < -0.4 is 5.11 Å². The third-order valence-corrected chi connectivity index (χ3v) is 3.07. The normalized spacial score (nSPS) is 11.0. The van der Waals surface area contributed by atoms with Crippen LogP contribution in [-0.2, 0) is 0 Å². The van der Waals surface area contributed by atoms with Gasteiger partial charge in [0.05, 0.1) is 29.1 Å². The highest BCUT2D eigenvalue weighted by Gasteiger charge is 1.96. The summed E-state index contributed by atoms with van der Waals surface area (Å²) in [7, 11) is 0. The van der Waals surface area contributed by atoms with Crippen molar-refractivity contribution in [1.29, 1.82) is 0 Å². The Balaban J connectivity index is 1.85. The molecule has 21 heavy (non-hydrogen) atoms. The molecule has 2 aromatic carbocycles. The van der Waals surface area contributed by atoms with E-state index in [0.29, 0.717) is 5.69 Å². The molecule has 0 aliphatic heterocycles. The number of nitrogens with zero attached hydrogens (tertiary/aromatic N) is 2. The molecule has 0 atom stereocenters. The second-order valence-corrected chi connectivity index (χ2v) is 4.52. The summed E-state index contributed by atoms with van der Waals surface area (Å²) in [5.41, 5.74) is 2.46. The van der Waals surface area contributed by atoms with Crippen LogP contribution in [0.25, 0.3) is 10.9 Å². The molecule has 4 nitrogen and oxygen atoms in total. The molecule has 1 aromatic heterocycles. The number of aromatic nitrogens is 1. The fourth-order valence-corrected chi connectivity index (χ4v) is 1.98. The van der Waals surface area contributed by atoms with Crippen molar-refractivity contribution in [3.63, 3.8) is 0 Å². The van der Waals surface area contributed by atoms with Crippen LogP contribution in [0.4, 0.5) is 5.69 Å². The first-order chi connectivity index (χ1) is 10.2. The highest BCUT2D eigenvalue weighted by molar-refractivity contribution is 5.87. The number of pyridine rings is 1. The van der Waals surface area contributed by atoms with Gasteiger partial charge in [0.1, 0.15) is 0 Å². The number of rotatable bonds is 3. The summed E-state index contributed by atoms with van der Waals surface area (Å²) in [5.74, 6) is -1.19. The van der Waals surface area contributed by atoms with E-state index in [1.807, 2.05) is 36.4 Å². The molecule has 0 aliphatic carbocycles. The first-order valence-electron chi connectivity index (χ1n) is 6.44. The lowest BCUT2D eigenvalue weighted by Crippen LogP contribution is -2.21. The lowest BCUT2D eigenvalue weighted by atomic mass is 10.2. The average Bonchev–Trinajstić information content (AvgIpc) is 2.53. The van der Waals surface area contributed by atoms with E-state index in [1.54, 1.807) is 18.3 Å². The predicted octanol–water partition coefficient (Wildman–Crippen LogP) is 2.35. The first-order valence-corrected chi connectivity index (χ1v) is 6.44. The molecule has 0 saturated heterocycles. The summed E-state index contributed by atoms with van der Waals surface area (Å²) in [6.45, 7) is 0. The van der Waals surface area contributed by atoms with E-state index in [-0.39, 0.29) is 5.56 Å². The van der Waals surface area contributed by atoms with Gasteiger partial charge in [-0.3, -0.25) is 4.99 Å². The average molecular weight is 275 g/mol. The molecule has 0 amide bonds. The SMILES string of the molecule is O=C([O-])c1ccc(N=Cc2ccc3ccccc3n2)cc1. The Labute approximate surface area is 121 Å². The number of aliphatic imine (C=N–C) groups is 1. The zero-order valence-corrected chi connectivity index (χ0v) is 11.1. The number of aromatic carboxylic acids is 1. The van der Waals surface area contributed by atoms with E-state index in [9.17, 15) is 9.90 Å². The van der Waals surface area contributed by atoms with Crippen LogP contribution in [-0.4, -0.2) is 17.2 Å². The second kappa shape index (κ2) is 5.54. The number of hydrogen-bond acceptors (Lipinski definition) is 4. The van der Waals surface area contributed by atoms with Gasteiger partial charge in [-0.05, 0) is 29.8 Å². The quantitative estimate of drug-likeness (QED) is 0.689. The predicted molar refractivity (Wildman–Crippen MR) is 79.8 cm³/mol. The number of fused-ring (bicyclic) bond motifs is 1. The fraction of sp³-hybridized carbons (Fsp3) is 0. The molecule has 3 aromatic rings. The number of para-hydroxylation sites is 1. The van der Waals surface area contributed by atoms with Crippen molar-refractivity contribution >= 4 is 28.8 Å². The van der Waals surface area contributed by atoms with Crippen molar-refractivity contribution in [2.24, 2.45) is 4.99 Å². The van der Waals surface area contributed by atoms with Gasteiger partial charge in [-0.25, -0.2) is 4.98 Å². The zero-order valence-electron chi connectivity index (χ0n) is 11.1. The molecule has 0 unspecified atom stereocenters. The van der Waals surface area contributed by atoms with Crippen molar-refractivity contribution in [2.45, 2.75) is 0 Å². The maximum atomic E-state index is 10.7. The van der Waals surface area contributed by atoms with Gasteiger partial charge >= 0.3 is 0 Å². The molecule has 0 bridgehead atoms. The molecule has 0 radical (unpaired) electrons. The van der Waals surface area contributed by atoms with Gasteiger partial charge in [0.25, 0.3) is 0 Å². The number of hydrogen-bond donors (Lipinski definition) is 0. The summed E-state index contributed by atoms with van der Waals surface area (Å²) in [6, 6.07) is 17.9. The topological polar surface area (TPSA) is 65.4 Å². The lowest BCUT2D eigenvalue weighted by Gasteiger charge is -2.01. The molecule has 3 rings (SSSR count). The third kappa shape index (κ3) is 2.95. The van der Waals surface area contributed by atoms with Gasteiger partial charge in [0.2, 0.25) is 0 Å². The number of carboxylic acids is 1. The van der Waals surface area contributed by atoms with Crippen LogP contribution in [0.2, 0.25) is 0 Å². The molecular formula is C17H11N2O2-. The number of benzene rings is 2. The van der Waals surface area contributed by atoms with Crippen LogP contribution in [0.1, 0.15) is 16.1 Å². The van der Waals surface area contributed by atoms with Gasteiger partial charge in [0, 0.05) is 5.39 Å². The number of carboxylic acid groups (broad SMARTS) is 1. The van der Waals surface area contributed by atoms with Gasteiger partial charge in [-0.1, -0.05) is 36.4 Å². The Morgan fingerprint density at radius 2 is 1.76 bits per heavy atom. The largest absolute Gasteiger partial charge is 0.545 e. The van der Waals surface area contributed by atoms with Crippen LogP contribution in [0.15, 0.2) is 65.7 Å². The summed E-state index contributed by atoms with van der Waals surface area (Å²) < 4.78 is 0. The highest BCUT2D eigenvalue weighted by Crippen LogP contribution is 2.14. The van der Waals surface area contributed by atoms with Gasteiger partial charge in [-0.2, -0.15) is 0 Å². The van der Waals surface area contributed by atoms with Crippen LogP contribution in [0.5, 0.6) is 0 Å². The molecular weight excluding hydrogens is 264 g/mol. The number of carbonyl (C=O) groups is 1. The van der Waals surface area contributed by atoms with Gasteiger partial charge < -0.3 is 9.90 Å². The van der Waals surface area contributed by atoms with Gasteiger partial charge in [0.15, 0.2) is 0 Å². The maximum Gasteiger partial charge on any atom is 0.0820 e. The molecule has 1 heterocycles. The van der Waals surface area contributed by atoms with E-state index < -0.39 is 5.97 Å². The van der Waals surface area contributed by atoms with Crippen molar-refractivity contribution in [1.82, 2.24) is 4.98 Å². The minimum Gasteiger partial charge on any atom is -0.545 e. The van der Waals surface area contributed by atoms with E-state index in [2.05, 4.69) is 9.98 Å². The minimum atomic E-state index is -1.19.